The molecule has 0 aliphatic heterocycles. The molecule has 0 radical (unpaired) electrons. The van der Waals surface area contributed by atoms with Crippen molar-refractivity contribution >= 4 is 38.9 Å². The molecule has 0 aliphatic rings. The molecule has 0 spiro atoms. The molecule has 6 nitrogen and oxygen atoms in total. The monoisotopic (exact) mass is 538 g/mol. The van der Waals surface area contributed by atoms with Crippen LogP contribution in [-0.4, -0.2) is 28.9 Å². The fourth-order valence-electron chi connectivity index (χ4n) is 4.32. The molecule has 2 aromatic carbocycles. The van der Waals surface area contributed by atoms with Gasteiger partial charge < -0.3 is 14.6 Å². The minimum atomic E-state index is -0.265. The van der Waals surface area contributed by atoms with Crippen LogP contribution in [0.2, 0.25) is 0 Å². The number of hydrogen-bond donors (Lipinski definition) is 1. The van der Waals surface area contributed by atoms with E-state index in [4.69, 9.17) is 9.47 Å². The van der Waals surface area contributed by atoms with E-state index < -0.39 is 0 Å². The smallest absolute Gasteiger partial charge is 0.311 e. The van der Waals surface area contributed by atoms with Gasteiger partial charge in [0.15, 0.2) is 0 Å². The van der Waals surface area contributed by atoms with Crippen molar-refractivity contribution < 1.29 is 19.4 Å². The summed E-state index contributed by atoms with van der Waals surface area (Å²) in [6, 6.07) is 10.6. The van der Waals surface area contributed by atoms with Crippen molar-refractivity contribution in [2.24, 2.45) is 4.99 Å². The Morgan fingerprint density at radius 3 is 2.21 bits per heavy atom. The minimum Gasteiger partial charge on any atom is -0.507 e. The summed E-state index contributed by atoms with van der Waals surface area (Å²) in [5.74, 6) is 0.885. The van der Waals surface area contributed by atoms with Gasteiger partial charge in [0.1, 0.15) is 17.2 Å². The molecule has 38 heavy (non-hydrogen) atoms. The molecule has 0 fully saturated rings. The summed E-state index contributed by atoms with van der Waals surface area (Å²) in [4.78, 5) is 21.1. The average Bonchev–Trinajstić information content (AvgIpc) is 3.31. The highest BCUT2D eigenvalue weighted by Gasteiger charge is 2.09. The maximum absolute atomic E-state index is 12.2. The number of esters is 1. The normalized spacial score (nSPS) is 11.4. The molecule has 1 aromatic heterocycles. The van der Waals surface area contributed by atoms with Gasteiger partial charge in [-0.1, -0.05) is 88.9 Å². The molecule has 206 valence electrons. The average molecular weight is 539 g/mol. The van der Waals surface area contributed by atoms with Gasteiger partial charge in [0.05, 0.1) is 16.8 Å². The van der Waals surface area contributed by atoms with Crippen LogP contribution in [0.1, 0.15) is 103 Å². The van der Waals surface area contributed by atoms with E-state index in [0.29, 0.717) is 29.5 Å². The van der Waals surface area contributed by atoms with Crippen molar-refractivity contribution in [3.05, 3.63) is 42.0 Å². The molecule has 1 N–H and O–H groups in total. The molecule has 0 aliphatic carbocycles. The van der Waals surface area contributed by atoms with E-state index >= 15 is 0 Å². The summed E-state index contributed by atoms with van der Waals surface area (Å²) in [7, 11) is 0. The molecule has 0 amide bonds. The highest BCUT2D eigenvalue weighted by molar-refractivity contribution is 7.22. The number of hydrogen-bond acceptors (Lipinski definition) is 7. The maximum atomic E-state index is 12.2. The highest BCUT2D eigenvalue weighted by atomic mass is 32.1. The lowest BCUT2D eigenvalue weighted by atomic mass is 10.0. The van der Waals surface area contributed by atoms with Crippen molar-refractivity contribution in [3.63, 3.8) is 0 Å². The number of ether oxygens (including phenoxy) is 2. The SMILES string of the molecule is CCCCCCCCCCCCCCC(=O)Oc1ccc(/C=N/c2nc3ccc(OCC)cc3s2)c(O)c1. The Morgan fingerprint density at radius 2 is 1.55 bits per heavy atom. The molecule has 0 saturated carbocycles. The Labute approximate surface area is 231 Å². The van der Waals surface area contributed by atoms with Crippen molar-refractivity contribution in [3.8, 4) is 17.2 Å². The number of carbonyl (C=O) groups excluding carboxylic acids is 1. The second kappa shape index (κ2) is 16.8. The number of nitrogens with zero attached hydrogens (tertiary/aromatic N) is 2. The van der Waals surface area contributed by atoms with Crippen molar-refractivity contribution in [1.82, 2.24) is 4.98 Å². The van der Waals surface area contributed by atoms with Gasteiger partial charge in [-0.25, -0.2) is 9.98 Å². The number of carbonyl (C=O) groups is 1. The molecular weight excluding hydrogens is 496 g/mol. The molecule has 0 bridgehead atoms. The van der Waals surface area contributed by atoms with Crippen LogP contribution in [0.15, 0.2) is 41.4 Å². The third-order valence-electron chi connectivity index (χ3n) is 6.44. The van der Waals surface area contributed by atoms with Crippen LogP contribution in [-0.2, 0) is 4.79 Å². The summed E-state index contributed by atoms with van der Waals surface area (Å²) >= 11 is 1.45. The summed E-state index contributed by atoms with van der Waals surface area (Å²) < 4.78 is 11.9. The fraction of sp³-hybridized carbons (Fsp3) is 0.516. The molecule has 0 atom stereocenters. The van der Waals surface area contributed by atoms with Crippen LogP contribution in [0, 0.1) is 0 Å². The third-order valence-corrected chi connectivity index (χ3v) is 7.37. The van der Waals surface area contributed by atoms with Gasteiger partial charge in [-0.2, -0.15) is 0 Å². The highest BCUT2D eigenvalue weighted by Crippen LogP contribution is 2.31. The zero-order valence-corrected chi connectivity index (χ0v) is 23.7. The van der Waals surface area contributed by atoms with Gasteiger partial charge in [0.2, 0.25) is 5.13 Å². The number of phenols is 1. The molecule has 0 saturated heterocycles. The maximum Gasteiger partial charge on any atom is 0.311 e. The lowest BCUT2D eigenvalue weighted by Crippen LogP contribution is -2.07. The van der Waals surface area contributed by atoms with Crippen molar-refractivity contribution in [2.45, 2.75) is 97.3 Å². The first-order chi connectivity index (χ1) is 18.6. The number of fused-ring (bicyclic) bond motifs is 1. The Balaban J connectivity index is 1.34. The van der Waals surface area contributed by atoms with Gasteiger partial charge in [-0.05, 0) is 43.7 Å². The number of aromatic hydroxyl groups is 1. The van der Waals surface area contributed by atoms with E-state index in [1.54, 1.807) is 18.3 Å². The standard InChI is InChI=1S/C31H42N2O4S/c1-3-5-6-7-8-9-10-11-12-13-14-15-16-30(35)37-26-18-17-24(28(34)21-26)23-32-31-33-27-20-19-25(36-4-2)22-29(27)38-31/h17-23,34H,3-16H2,1-2H3/b32-23+. The number of thiazole rings is 1. The fourth-order valence-corrected chi connectivity index (χ4v) is 5.16. The van der Waals surface area contributed by atoms with Gasteiger partial charge in [0, 0.05) is 24.3 Å². The van der Waals surface area contributed by atoms with Crippen LogP contribution in [0.4, 0.5) is 5.13 Å². The van der Waals surface area contributed by atoms with Crippen LogP contribution in [0.3, 0.4) is 0 Å². The quantitative estimate of drug-likeness (QED) is 0.0756. The first kappa shape index (κ1) is 29.6. The van der Waals surface area contributed by atoms with Gasteiger partial charge in [-0.3, -0.25) is 4.79 Å². The number of aliphatic imine (C=N–C) groups is 1. The molecule has 3 rings (SSSR count). The molecular formula is C31H42N2O4S. The first-order valence-electron chi connectivity index (χ1n) is 14.2. The van der Waals surface area contributed by atoms with Crippen LogP contribution < -0.4 is 9.47 Å². The Bertz CT molecular complexity index is 1160. The van der Waals surface area contributed by atoms with Crippen LogP contribution in [0.5, 0.6) is 17.2 Å². The van der Waals surface area contributed by atoms with E-state index in [2.05, 4.69) is 16.9 Å². The lowest BCUT2D eigenvalue weighted by molar-refractivity contribution is -0.134. The summed E-state index contributed by atoms with van der Waals surface area (Å²) in [6.07, 6.45) is 17.0. The zero-order valence-electron chi connectivity index (χ0n) is 22.9. The van der Waals surface area contributed by atoms with E-state index in [-0.39, 0.29) is 11.7 Å². The number of benzene rings is 2. The number of rotatable bonds is 18. The molecule has 7 heteroatoms. The predicted molar refractivity (Wildman–Crippen MR) is 157 cm³/mol. The zero-order chi connectivity index (χ0) is 27.0. The molecule has 3 aromatic rings. The Hall–Kier alpha value is -2.93. The van der Waals surface area contributed by atoms with Crippen molar-refractivity contribution in [1.29, 1.82) is 0 Å². The second-order valence-corrected chi connectivity index (χ2v) is 10.7. The largest absolute Gasteiger partial charge is 0.507 e. The summed E-state index contributed by atoms with van der Waals surface area (Å²) in [6.45, 7) is 4.81. The first-order valence-corrected chi connectivity index (χ1v) is 15.0. The van der Waals surface area contributed by atoms with Crippen molar-refractivity contribution in [2.75, 3.05) is 6.61 Å². The minimum absolute atomic E-state index is 0.00385. The van der Waals surface area contributed by atoms with E-state index in [9.17, 15) is 9.90 Å². The second-order valence-electron chi connectivity index (χ2n) is 9.65. The third kappa shape index (κ3) is 10.4. The van der Waals surface area contributed by atoms with E-state index in [1.165, 1.54) is 81.6 Å². The van der Waals surface area contributed by atoms with Gasteiger partial charge >= 0.3 is 5.97 Å². The Morgan fingerprint density at radius 1 is 0.895 bits per heavy atom. The Kier molecular flexibility index (Phi) is 13.1. The van der Waals surface area contributed by atoms with E-state index in [1.807, 2.05) is 25.1 Å². The number of phenolic OH excluding ortho intramolecular Hbond substituents is 1. The summed E-state index contributed by atoms with van der Waals surface area (Å²) in [5, 5.41) is 11.0. The number of unbranched alkanes of at least 4 members (excludes halogenated alkanes) is 11. The molecule has 1 heterocycles. The predicted octanol–water partition coefficient (Wildman–Crippen LogP) is 9.15. The lowest BCUT2D eigenvalue weighted by Gasteiger charge is -2.06. The van der Waals surface area contributed by atoms with Gasteiger partial charge in [-0.15, -0.1) is 0 Å². The topological polar surface area (TPSA) is 81.0 Å². The van der Waals surface area contributed by atoms with Crippen LogP contribution in [0.25, 0.3) is 10.2 Å². The van der Waals surface area contributed by atoms with E-state index in [0.717, 1.165) is 28.8 Å². The van der Waals surface area contributed by atoms with Crippen LogP contribution >= 0.6 is 11.3 Å². The van der Waals surface area contributed by atoms with Gasteiger partial charge in [0.25, 0.3) is 0 Å². The summed E-state index contributed by atoms with van der Waals surface area (Å²) in [5.41, 5.74) is 1.38. The number of aromatic nitrogens is 1. The molecule has 0 unspecified atom stereocenters.